The van der Waals surface area contributed by atoms with E-state index < -0.39 is 0 Å². The lowest BCUT2D eigenvalue weighted by Gasteiger charge is -2.15. The third kappa shape index (κ3) is 3.13. The number of aromatic nitrogens is 2. The number of nitrogens with one attached hydrogen (secondary N) is 2. The van der Waals surface area contributed by atoms with Gasteiger partial charge < -0.3 is 9.97 Å². The van der Waals surface area contributed by atoms with Gasteiger partial charge >= 0.3 is 0 Å². The number of aromatic amines is 2. The van der Waals surface area contributed by atoms with Crippen molar-refractivity contribution in [1.82, 2.24) is 9.97 Å². The monoisotopic (exact) mass is 408 g/mol. The number of hydrogen-bond acceptors (Lipinski definition) is 2. The van der Waals surface area contributed by atoms with Crippen molar-refractivity contribution >= 4 is 33.2 Å². The zero-order valence-corrected chi connectivity index (χ0v) is 18.3. The van der Waals surface area contributed by atoms with Gasteiger partial charge in [0.2, 0.25) is 0 Å². The molecule has 0 amide bonds. The Hall–Kier alpha value is -3.14. The molecule has 2 aromatic carbocycles. The topological polar surface area (TPSA) is 56.3 Å². The van der Waals surface area contributed by atoms with Crippen LogP contribution in [0.4, 0.5) is 0 Å². The summed E-state index contributed by atoms with van der Waals surface area (Å²) in [5.41, 5.74) is 13.0. The highest BCUT2D eigenvalue weighted by Gasteiger charge is 2.22. The van der Waals surface area contributed by atoms with E-state index >= 15 is 0 Å². The summed E-state index contributed by atoms with van der Waals surface area (Å²) in [6.07, 6.45) is 5.12. The number of hydrogen-bond donors (Lipinski definition) is 2. The molecule has 31 heavy (non-hydrogen) atoms. The van der Waals surface area contributed by atoms with Gasteiger partial charge in [0.15, 0.2) is 0 Å². The van der Waals surface area contributed by atoms with Crippen LogP contribution < -0.4 is 0 Å². The number of nitrogens with zero attached hydrogens (tertiary/aromatic N) is 2. The van der Waals surface area contributed by atoms with Crippen LogP contribution in [0.5, 0.6) is 0 Å². The second kappa shape index (κ2) is 7.23. The van der Waals surface area contributed by atoms with Crippen LogP contribution in [-0.4, -0.2) is 34.5 Å². The summed E-state index contributed by atoms with van der Waals surface area (Å²) in [5.74, 6) is 0. The lowest BCUT2D eigenvalue weighted by molar-refractivity contribution is 0.859. The summed E-state index contributed by atoms with van der Waals surface area (Å²) < 4.78 is 0. The van der Waals surface area contributed by atoms with Gasteiger partial charge in [0.25, 0.3) is 0 Å². The van der Waals surface area contributed by atoms with Crippen LogP contribution in [0.15, 0.2) is 46.4 Å². The molecule has 4 nitrogen and oxygen atoms in total. The van der Waals surface area contributed by atoms with Crippen molar-refractivity contribution in [3.63, 3.8) is 0 Å². The Morgan fingerprint density at radius 3 is 1.68 bits per heavy atom. The fraction of sp³-hybridized carbons (Fsp3) is 0.333. The molecular weight excluding hydrogens is 380 g/mol. The second-order valence-corrected chi connectivity index (χ2v) is 9.07. The Balaban J connectivity index is 1.22. The molecule has 156 valence electrons. The van der Waals surface area contributed by atoms with E-state index in [9.17, 15) is 0 Å². The van der Waals surface area contributed by atoms with Crippen molar-refractivity contribution in [2.24, 2.45) is 9.98 Å². The number of benzene rings is 2. The van der Waals surface area contributed by atoms with E-state index in [1.165, 1.54) is 66.9 Å². The molecule has 6 rings (SSSR count). The largest absolute Gasteiger partial charge is 0.353 e. The molecule has 0 bridgehead atoms. The number of rotatable bonds is 4. The van der Waals surface area contributed by atoms with Crippen LogP contribution in [0.1, 0.15) is 52.9 Å². The molecule has 2 N–H and O–H groups in total. The van der Waals surface area contributed by atoms with Crippen LogP contribution in [0.3, 0.4) is 0 Å². The average molecular weight is 409 g/mol. The van der Waals surface area contributed by atoms with Crippen molar-refractivity contribution in [1.29, 1.82) is 0 Å². The molecule has 0 saturated carbocycles. The molecule has 0 unspecified atom stereocenters. The summed E-state index contributed by atoms with van der Waals surface area (Å²) in [4.78, 5) is 17.1. The van der Waals surface area contributed by atoms with E-state index in [4.69, 9.17) is 9.98 Å². The third-order valence-electron chi connectivity index (χ3n) is 6.86. The molecule has 2 aliphatic rings. The van der Waals surface area contributed by atoms with Gasteiger partial charge in [-0.05, 0) is 80.3 Å². The van der Waals surface area contributed by atoms with E-state index in [0.29, 0.717) is 0 Å². The maximum Gasteiger partial charge on any atom is 0.0638 e. The SMILES string of the molecule is Cc1ccc2c3c([nH]c2c1)C(CCCC1=NCCc2c1[nH]c1cc(C)ccc21)=NCC3. The van der Waals surface area contributed by atoms with Crippen LogP contribution in [-0.2, 0) is 12.8 Å². The first kappa shape index (κ1) is 18.6. The zero-order valence-electron chi connectivity index (χ0n) is 18.3. The summed E-state index contributed by atoms with van der Waals surface area (Å²) in [5, 5.41) is 2.73. The predicted octanol–water partition coefficient (Wildman–Crippen LogP) is 5.83. The highest BCUT2D eigenvalue weighted by molar-refractivity contribution is 6.08. The van der Waals surface area contributed by atoms with E-state index in [1.807, 2.05) is 0 Å². The Kier molecular flexibility index (Phi) is 4.34. The molecule has 0 radical (unpaired) electrons. The fourth-order valence-corrected chi connectivity index (χ4v) is 5.35. The van der Waals surface area contributed by atoms with Crippen LogP contribution in [0, 0.1) is 13.8 Å². The molecule has 0 spiro atoms. The third-order valence-corrected chi connectivity index (χ3v) is 6.86. The summed E-state index contributed by atoms with van der Waals surface area (Å²) in [6.45, 7) is 6.10. The predicted molar refractivity (Wildman–Crippen MR) is 130 cm³/mol. The van der Waals surface area contributed by atoms with Gasteiger partial charge in [-0.3, -0.25) is 9.98 Å². The van der Waals surface area contributed by atoms with Crippen molar-refractivity contribution in [3.05, 3.63) is 70.0 Å². The Morgan fingerprint density at radius 1 is 0.710 bits per heavy atom. The normalized spacial score (nSPS) is 15.7. The summed E-state index contributed by atoms with van der Waals surface area (Å²) >= 11 is 0. The quantitative estimate of drug-likeness (QED) is 0.427. The molecule has 0 saturated heterocycles. The zero-order chi connectivity index (χ0) is 20.9. The first-order valence-corrected chi connectivity index (χ1v) is 11.5. The molecule has 2 aliphatic heterocycles. The van der Waals surface area contributed by atoms with Gasteiger partial charge in [-0.2, -0.15) is 0 Å². The number of aliphatic imine (C=N–C) groups is 2. The lowest BCUT2D eigenvalue weighted by atomic mass is 9.96. The highest BCUT2D eigenvalue weighted by Crippen LogP contribution is 2.30. The molecule has 4 heteroatoms. The molecular formula is C27H28N4. The van der Waals surface area contributed by atoms with Gasteiger partial charge in [-0.1, -0.05) is 24.3 Å². The average Bonchev–Trinajstić information content (AvgIpc) is 3.32. The van der Waals surface area contributed by atoms with E-state index in [1.54, 1.807) is 0 Å². The van der Waals surface area contributed by atoms with Crippen molar-refractivity contribution in [2.45, 2.75) is 46.0 Å². The smallest absolute Gasteiger partial charge is 0.0638 e. The number of H-pyrrole nitrogens is 2. The van der Waals surface area contributed by atoms with Crippen molar-refractivity contribution in [2.75, 3.05) is 13.1 Å². The van der Waals surface area contributed by atoms with Gasteiger partial charge in [0.05, 0.1) is 22.8 Å². The number of fused-ring (bicyclic) bond motifs is 6. The second-order valence-electron chi connectivity index (χ2n) is 9.07. The van der Waals surface area contributed by atoms with Crippen molar-refractivity contribution < 1.29 is 0 Å². The van der Waals surface area contributed by atoms with Crippen LogP contribution in [0.25, 0.3) is 21.8 Å². The minimum atomic E-state index is 0.898. The fourth-order valence-electron chi connectivity index (χ4n) is 5.35. The van der Waals surface area contributed by atoms with Gasteiger partial charge in [0, 0.05) is 34.9 Å². The molecule has 0 atom stereocenters. The Bertz CT molecular complexity index is 1270. The maximum atomic E-state index is 4.90. The Morgan fingerprint density at radius 2 is 1.19 bits per heavy atom. The van der Waals surface area contributed by atoms with Crippen molar-refractivity contribution in [3.8, 4) is 0 Å². The minimum Gasteiger partial charge on any atom is -0.353 e. The molecule has 0 fully saturated rings. The van der Waals surface area contributed by atoms with E-state index in [2.05, 4.69) is 60.2 Å². The molecule has 4 aromatic rings. The maximum absolute atomic E-state index is 4.90. The first-order valence-electron chi connectivity index (χ1n) is 11.5. The molecule has 2 aromatic heterocycles. The first-order chi connectivity index (χ1) is 15.2. The van der Waals surface area contributed by atoms with E-state index in [-0.39, 0.29) is 0 Å². The van der Waals surface area contributed by atoms with Gasteiger partial charge in [-0.25, -0.2) is 0 Å². The number of aryl methyl sites for hydroxylation is 2. The highest BCUT2D eigenvalue weighted by atomic mass is 14.8. The Labute approximate surface area is 182 Å². The van der Waals surface area contributed by atoms with Crippen LogP contribution in [0.2, 0.25) is 0 Å². The molecule has 0 aliphatic carbocycles. The van der Waals surface area contributed by atoms with E-state index in [0.717, 1.165) is 45.2 Å². The summed E-state index contributed by atoms with van der Waals surface area (Å²) in [6, 6.07) is 13.4. The van der Waals surface area contributed by atoms with Gasteiger partial charge in [0.1, 0.15) is 0 Å². The van der Waals surface area contributed by atoms with Crippen LogP contribution >= 0.6 is 0 Å². The molecule has 4 heterocycles. The summed E-state index contributed by atoms with van der Waals surface area (Å²) in [7, 11) is 0. The van der Waals surface area contributed by atoms with Gasteiger partial charge in [-0.15, -0.1) is 0 Å². The standard InChI is InChI=1S/C27H28N4/c1-16-6-8-18-20-10-12-28-22(26(20)30-24(18)14-16)4-3-5-23-27-21(11-13-29-23)19-9-7-17(2)15-25(19)31-27/h6-9,14-15,30-31H,3-5,10-13H2,1-2H3. The minimum absolute atomic E-state index is 0.898. The lowest BCUT2D eigenvalue weighted by Crippen LogP contribution is -2.15.